The minimum Gasteiger partial charge on any atom is -0.484 e. The average molecular weight is 360 g/mol. The fourth-order valence-electron chi connectivity index (χ4n) is 2.48. The Hall–Kier alpha value is -2.33. The number of nitrogens with one attached hydrogen (secondary N) is 1. The van der Waals surface area contributed by atoms with Crippen LogP contribution in [0.2, 0.25) is 5.02 Å². The molecule has 0 fully saturated rings. The SMILES string of the molecule is CC(=O)c1ccc(OCC(=O)NC(c2ccccc2Cl)C(C)C)cc1. The molecule has 4 nitrogen and oxygen atoms in total. The molecule has 0 saturated carbocycles. The number of carbonyl (C=O) groups is 2. The molecule has 2 aromatic rings. The Kier molecular flexibility index (Phi) is 6.59. The van der Waals surface area contributed by atoms with Crippen molar-refractivity contribution < 1.29 is 14.3 Å². The highest BCUT2D eigenvalue weighted by Gasteiger charge is 2.20. The fraction of sp³-hybridized carbons (Fsp3) is 0.300. The zero-order chi connectivity index (χ0) is 18.4. The van der Waals surface area contributed by atoms with Gasteiger partial charge >= 0.3 is 0 Å². The number of benzene rings is 2. The summed E-state index contributed by atoms with van der Waals surface area (Å²) < 4.78 is 5.49. The summed E-state index contributed by atoms with van der Waals surface area (Å²) in [7, 11) is 0. The second kappa shape index (κ2) is 8.67. The van der Waals surface area contributed by atoms with Crippen LogP contribution in [0.15, 0.2) is 48.5 Å². The Morgan fingerprint density at radius 1 is 1.08 bits per heavy atom. The first-order valence-corrected chi connectivity index (χ1v) is 8.54. The number of halogens is 1. The lowest BCUT2D eigenvalue weighted by atomic mass is 9.96. The van der Waals surface area contributed by atoms with E-state index in [1.54, 1.807) is 24.3 Å². The van der Waals surface area contributed by atoms with Crippen LogP contribution in [0.3, 0.4) is 0 Å². The van der Waals surface area contributed by atoms with Gasteiger partial charge in [0.05, 0.1) is 6.04 Å². The van der Waals surface area contributed by atoms with Gasteiger partial charge in [0.2, 0.25) is 0 Å². The number of rotatable bonds is 7. The van der Waals surface area contributed by atoms with Crippen LogP contribution >= 0.6 is 11.6 Å². The van der Waals surface area contributed by atoms with E-state index in [0.717, 1.165) is 5.56 Å². The van der Waals surface area contributed by atoms with Gasteiger partial charge in [-0.05, 0) is 48.7 Å². The van der Waals surface area contributed by atoms with Gasteiger partial charge < -0.3 is 10.1 Å². The number of ether oxygens (including phenoxy) is 1. The lowest BCUT2D eigenvalue weighted by Crippen LogP contribution is -2.35. The molecule has 25 heavy (non-hydrogen) atoms. The molecule has 2 aromatic carbocycles. The monoisotopic (exact) mass is 359 g/mol. The second-order valence-corrected chi connectivity index (χ2v) is 6.59. The number of ketones is 1. The largest absolute Gasteiger partial charge is 0.484 e. The topological polar surface area (TPSA) is 55.4 Å². The predicted octanol–water partition coefficient (Wildman–Crippen LogP) is 4.43. The molecule has 0 saturated heterocycles. The number of Topliss-reactive ketones (excluding diaryl/α,β-unsaturated/α-hetero) is 1. The van der Waals surface area contributed by atoms with E-state index in [2.05, 4.69) is 5.32 Å². The standard InChI is InChI=1S/C20H22ClNO3/c1-13(2)20(17-6-4-5-7-18(17)21)22-19(24)12-25-16-10-8-15(9-11-16)14(3)23/h4-11,13,20H,12H2,1-3H3,(H,22,24). The summed E-state index contributed by atoms with van der Waals surface area (Å²) in [6.45, 7) is 5.45. The minimum absolute atomic E-state index is 0.0104. The maximum absolute atomic E-state index is 12.3. The van der Waals surface area contributed by atoms with Gasteiger partial charge in [0, 0.05) is 10.6 Å². The molecular formula is C20H22ClNO3. The fourth-order valence-corrected chi connectivity index (χ4v) is 2.73. The molecule has 132 valence electrons. The smallest absolute Gasteiger partial charge is 0.258 e. The van der Waals surface area contributed by atoms with Crippen molar-refractivity contribution in [2.24, 2.45) is 5.92 Å². The first-order valence-electron chi connectivity index (χ1n) is 8.16. The highest BCUT2D eigenvalue weighted by molar-refractivity contribution is 6.31. The Bertz CT molecular complexity index is 741. The van der Waals surface area contributed by atoms with Crippen LogP contribution in [-0.4, -0.2) is 18.3 Å². The maximum atomic E-state index is 12.3. The molecule has 1 amide bonds. The van der Waals surface area contributed by atoms with E-state index in [1.165, 1.54) is 6.92 Å². The van der Waals surface area contributed by atoms with Crippen LogP contribution in [0.5, 0.6) is 5.75 Å². The number of carbonyl (C=O) groups excluding carboxylic acids is 2. The van der Waals surface area contributed by atoms with Gasteiger partial charge in [-0.15, -0.1) is 0 Å². The molecular weight excluding hydrogens is 338 g/mol. The molecule has 5 heteroatoms. The normalized spacial score (nSPS) is 11.9. The molecule has 0 radical (unpaired) electrons. The van der Waals surface area contributed by atoms with Crippen LogP contribution < -0.4 is 10.1 Å². The number of hydrogen-bond donors (Lipinski definition) is 1. The van der Waals surface area contributed by atoms with E-state index in [1.807, 2.05) is 38.1 Å². The van der Waals surface area contributed by atoms with Crippen LogP contribution in [-0.2, 0) is 4.79 Å². The molecule has 1 N–H and O–H groups in total. The minimum atomic E-state index is -0.228. The summed E-state index contributed by atoms with van der Waals surface area (Å²) in [4.78, 5) is 23.5. The molecule has 0 aliphatic heterocycles. The molecule has 0 aromatic heterocycles. The molecule has 0 aliphatic rings. The van der Waals surface area contributed by atoms with Crippen LogP contribution in [0.4, 0.5) is 0 Å². The Morgan fingerprint density at radius 3 is 2.28 bits per heavy atom. The van der Waals surface area contributed by atoms with Gasteiger partial charge in [-0.25, -0.2) is 0 Å². The summed E-state index contributed by atoms with van der Waals surface area (Å²) >= 11 is 6.25. The van der Waals surface area contributed by atoms with E-state index in [-0.39, 0.29) is 30.3 Å². The third-order valence-corrected chi connectivity index (χ3v) is 4.20. The Morgan fingerprint density at radius 2 is 1.72 bits per heavy atom. The highest BCUT2D eigenvalue weighted by atomic mass is 35.5. The van der Waals surface area contributed by atoms with Crippen molar-refractivity contribution in [3.8, 4) is 5.75 Å². The summed E-state index contributed by atoms with van der Waals surface area (Å²) in [5.41, 5.74) is 1.49. The summed E-state index contributed by atoms with van der Waals surface area (Å²) in [5, 5.41) is 3.60. The van der Waals surface area contributed by atoms with Crippen molar-refractivity contribution in [2.75, 3.05) is 6.61 Å². The first kappa shape index (κ1) is 19.0. The third-order valence-electron chi connectivity index (χ3n) is 3.85. The van der Waals surface area contributed by atoms with Crippen molar-refractivity contribution >= 4 is 23.3 Å². The molecule has 0 heterocycles. The number of hydrogen-bond acceptors (Lipinski definition) is 3. The third kappa shape index (κ3) is 5.33. The van der Waals surface area contributed by atoms with E-state index < -0.39 is 0 Å². The van der Waals surface area contributed by atoms with E-state index in [0.29, 0.717) is 16.3 Å². The Balaban J connectivity index is 1.98. The molecule has 0 bridgehead atoms. The van der Waals surface area contributed by atoms with Gasteiger partial charge in [0.25, 0.3) is 5.91 Å². The van der Waals surface area contributed by atoms with Gasteiger partial charge in [0.1, 0.15) is 5.75 Å². The number of amides is 1. The van der Waals surface area contributed by atoms with Crippen molar-refractivity contribution in [3.05, 3.63) is 64.7 Å². The zero-order valence-electron chi connectivity index (χ0n) is 14.6. The van der Waals surface area contributed by atoms with Gasteiger partial charge in [0.15, 0.2) is 12.4 Å². The van der Waals surface area contributed by atoms with Crippen LogP contribution in [0.1, 0.15) is 42.7 Å². The lowest BCUT2D eigenvalue weighted by molar-refractivity contribution is -0.124. The highest BCUT2D eigenvalue weighted by Crippen LogP contribution is 2.28. The van der Waals surface area contributed by atoms with E-state index in [9.17, 15) is 9.59 Å². The van der Waals surface area contributed by atoms with Gasteiger partial charge in [-0.2, -0.15) is 0 Å². The average Bonchev–Trinajstić information content (AvgIpc) is 2.58. The molecule has 2 rings (SSSR count). The van der Waals surface area contributed by atoms with Crippen molar-refractivity contribution in [3.63, 3.8) is 0 Å². The van der Waals surface area contributed by atoms with Crippen molar-refractivity contribution in [1.29, 1.82) is 0 Å². The Labute approximate surface area is 153 Å². The maximum Gasteiger partial charge on any atom is 0.258 e. The van der Waals surface area contributed by atoms with Crippen molar-refractivity contribution in [1.82, 2.24) is 5.32 Å². The molecule has 0 aliphatic carbocycles. The van der Waals surface area contributed by atoms with Crippen molar-refractivity contribution in [2.45, 2.75) is 26.8 Å². The molecule has 1 atom stereocenters. The quantitative estimate of drug-likeness (QED) is 0.744. The van der Waals surface area contributed by atoms with Crippen LogP contribution in [0, 0.1) is 5.92 Å². The predicted molar refractivity (Wildman–Crippen MR) is 99.1 cm³/mol. The van der Waals surface area contributed by atoms with Gasteiger partial charge in [-0.3, -0.25) is 9.59 Å². The summed E-state index contributed by atoms with van der Waals surface area (Å²) in [6, 6.07) is 14.0. The molecule has 0 spiro atoms. The second-order valence-electron chi connectivity index (χ2n) is 6.18. The zero-order valence-corrected chi connectivity index (χ0v) is 15.3. The molecule has 1 unspecified atom stereocenters. The summed E-state index contributed by atoms with van der Waals surface area (Å²) in [6.07, 6.45) is 0. The van der Waals surface area contributed by atoms with Crippen LogP contribution in [0.25, 0.3) is 0 Å². The van der Waals surface area contributed by atoms with Gasteiger partial charge in [-0.1, -0.05) is 43.6 Å². The first-order chi connectivity index (χ1) is 11.9. The van der Waals surface area contributed by atoms with E-state index in [4.69, 9.17) is 16.3 Å². The lowest BCUT2D eigenvalue weighted by Gasteiger charge is -2.24. The van der Waals surface area contributed by atoms with E-state index >= 15 is 0 Å². The summed E-state index contributed by atoms with van der Waals surface area (Å²) in [5.74, 6) is 0.482.